The maximum atomic E-state index is 12.2. The molecule has 2 atom stereocenters. The van der Waals surface area contributed by atoms with Crippen LogP contribution in [0.15, 0.2) is 24.3 Å². The van der Waals surface area contributed by atoms with Crippen molar-refractivity contribution in [2.24, 2.45) is 5.92 Å². The molecule has 1 unspecified atom stereocenters. The first-order valence-electron chi connectivity index (χ1n) is 6.31. The number of para-hydroxylation sites is 1. The van der Waals surface area contributed by atoms with Gasteiger partial charge in [0.15, 0.2) is 0 Å². The van der Waals surface area contributed by atoms with Crippen molar-refractivity contribution in [3.8, 4) is 0 Å². The van der Waals surface area contributed by atoms with Crippen LogP contribution in [0.5, 0.6) is 0 Å². The molecule has 0 aliphatic carbocycles. The Labute approximate surface area is 116 Å². The van der Waals surface area contributed by atoms with E-state index in [9.17, 15) is 4.79 Å². The average molecular weight is 279 g/mol. The Hall–Kier alpha value is -1.52. The van der Waals surface area contributed by atoms with Crippen LogP contribution in [0.25, 0.3) is 10.9 Å². The highest BCUT2D eigenvalue weighted by Crippen LogP contribution is 2.23. The summed E-state index contributed by atoms with van der Waals surface area (Å²) in [6.45, 7) is 3.34. The van der Waals surface area contributed by atoms with E-state index in [1.54, 1.807) is 6.07 Å². The number of rotatable bonds is 2. The largest absolute Gasteiger partial charge is 0.379 e. The predicted molar refractivity (Wildman–Crippen MR) is 74.5 cm³/mol. The van der Waals surface area contributed by atoms with Crippen LogP contribution >= 0.6 is 11.6 Å². The van der Waals surface area contributed by atoms with E-state index in [-0.39, 0.29) is 11.9 Å². The van der Waals surface area contributed by atoms with Gasteiger partial charge in [-0.1, -0.05) is 30.7 Å². The summed E-state index contributed by atoms with van der Waals surface area (Å²) >= 11 is 6.09. The summed E-state index contributed by atoms with van der Waals surface area (Å²) in [5.41, 5.74) is 1.33. The standard InChI is InChI=1S/C14H15ClN2O2/c1-8-6-19-7-12(8)17-14(18)11-5-9-3-2-4-10(15)13(9)16-11/h2-5,8,12,16H,6-7H2,1H3,(H,17,18)/t8-,12?/m0/s1. The fourth-order valence-corrected chi connectivity index (χ4v) is 2.56. The predicted octanol–water partition coefficient (Wildman–Crippen LogP) is 2.59. The van der Waals surface area contributed by atoms with E-state index in [0.29, 0.717) is 29.8 Å². The molecule has 19 heavy (non-hydrogen) atoms. The third-order valence-corrected chi connectivity index (χ3v) is 3.85. The summed E-state index contributed by atoms with van der Waals surface area (Å²) in [5, 5.41) is 4.54. The molecule has 1 aliphatic heterocycles. The molecule has 1 aromatic carbocycles. The summed E-state index contributed by atoms with van der Waals surface area (Å²) in [6, 6.07) is 7.49. The highest BCUT2D eigenvalue weighted by atomic mass is 35.5. The van der Waals surface area contributed by atoms with Gasteiger partial charge in [0.1, 0.15) is 5.69 Å². The molecule has 2 N–H and O–H groups in total. The van der Waals surface area contributed by atoms with Crippen molar-refractivity contribution in [1.29, 1.82) is 0 Å². The molecule has 1 saturated heterocycles. The first-order chi connectivity index (χ1) is 9.15. The van der Waals surface area contributed by atoms with Crippen molar-refractivity contribution in [3.63, 3.8) is 0 Å². The van der Waals surface area contributed by atoms with Gasteiger partial charge in [0.2, 0.25) is 0 Å². The van der Waals surface area contributed by atoms with Crippen LogP contribution in [-0.4, -0.2) is 30.1 Å². The maximum absolute atomic E-state index is 12.2. The lowest BCUT2D eigenvalue weighted by atomic mass is 10.1. The normalized spacial score (nSPS) is 22.8. The van der Waals surface area contributed by atoms with Crippen molar-refractivity contribution in [2.75, 3.05) is 13.2 Å². The van der Waals surface area contributed by atoms with Gasteiger partial charge in [-0.3, -0.25) is 4.79 Å². The van der Waals surface area contributed by atoms with Crippen LogP contribution < -0.4 is 5.32 Å². The average Bonchev–Trinajstić information content (AvgIpc) is 2.97. The molecule has 100 valence electrons. The van der Waals surface area contributed by atoms with Gasteiger partial charge in [-0.05, 0) is 12.1 Å². The molecule has 5 heteroatoms. The summed E-state index contributed by atoms with van der Waals surface area (Å²) in [5.74, 6) is 0.228. The van der Waals surface area contributed by atoms with Gasteiger partial charge >= 0.3 is 0 Å². The molecule has 0 saturated carbocycles. The summed E-state index contributed by atoms with van der Waals surface area (Å²) < 4.78 is 5.34. The number of H-pyrrole nitrogens is 1. The molecule has 3 rings (SSSR count). The molecule has 2 aromatic rings. The molecule has 0 radical (unpaired) electrons. The van der Waals surface area contributed by atoms with Crippen molar-refractivity contribution in [3.05, 3.63) is 35.0 Å². The Bertz CT molecular complexity index is 623. The topological polar surface area (TPSA) is 54.1 Å². The maximum Gasteiger partial charge on any atom is 0.268 e. The van der Waals surface area contributed by atoms with Crippen LogP contribution in [0.1, 0.15) is 17.4 Å². The highest BCUT2D eigenvalue weighted by molar-refractivity contribution is 6.35. The lowest BCUT2D eigenvalue weighted by Crippen LogP contribution is -2.39. The van der Waals surface area contributed by atoms with Gasteiger partial charge < -0.3 is 15.0 Å². The van der Waals surface area contributed by atoms with E-state index in [2.05, 4.69) is 17.2 Å². The number of ether oxygens (including phenoxy) is 1. The molecule has 4 nitrogen and oxygen atoms in total. The zero-order valence-electron chi connectivity index (χ0n) is 10.6. The van der Waals surface area contributed by atoms with Gasteiger partial charge in [-0.25, -0.2) is 0 Å². The van der Waals surface area contributed by atoms with E-state index in [1.807, 2.05) is 18.2 Å². The van der Waals surface area contributed by atoms with Crippen molar-refractivity contribution >= 4 is 28.4 Å². The van der Waals surface area contributed by atoms with Gasteiger partial charge in [0.25, 0.3) is 5.91 Å². The fraction of sp³-hybridized carbons (Fsp3) is 0.357. The quantitative estimate of drug-likeness (QED) is 0.887. The number of benzene rings is 1. The molecule has 0 bridgehead atoms. The smallest absolute Gasteiger partial charge is 0.268 e. The number of nitrogens with one attached hydrogen (secondary N) is 2. The molecule has 0 spiro atoms. The zero-order chi connectivity index (χ0) is 13.4. The third-order valence-electron chi connectivity index (χ3n) is 3.53. The Morgan fingerprint density at radius 2 is 2.32 bits per heavy atom. The zero-order valence-corrected chi connectivity index (χ0v) is 11.3. The Morgan fingerprint density at radius 3 is 3.00 bits per heavy atom. The Balaban J connectivity index is 1.83. The minimum absolute atomic E-state index is 0.0781. The van der Waals surface area contributed by atoms with Crippen LogP contribution in [0.3, 0.4) is 0 Å². The number of fused-ring (bicyclic) bond motifs is 1. The van der Waals surface area contributed by atoms with Gasteiger partial charge in [-0.2, -0.15) is 0 Å². The van der Waals surface area contributed by atoms with Gasteiger partial charge in [0, 0.05) is 11.3 Å². The van der Waals surface area contributed by atoms with E-state index >= 15 is 0 Å². The van der Waals surface area contributed by atoms with E-state index < -0.39 is 0 Å². The first kappa shape index (κ1) is 12.5. The lowest BCUT2D eigenvalue weighted by molar-refractivity contribution is 0.0922. The Morgan fingerprint density at radius 1 is 1.47 bits per heavy atom. The molecule has 1 fully saturated rings. The number of hydrogen-bond acceptors (Lipinski definition) is 2. The van der Waals surface area contributed by atoms with E-state index in [1.165, 1.54) is 0 Å². The monoisotopic (exact) mass is 278 g/mol. The minimum atomic E-state index is -0.116. The Kier molecular flexibility index (Phi) is 3.21. The fourth-order valence-electron chi connectivity index (χ4n) is 2.33. The summed E-state index contributed by atoms with van der Waals surface area (Å²) in [7, 11) is 0. The molecular weight excluding hydrogens is 264 g/mol. The summed E-state index contributed by atoms with van der Waals surface area (Å²) in [6.07, 6.45) is 0. The highest BCUT2D eigenvalue weighted by Gasteiger charge is 2.26. The van der Waals surface area contributed by atoms with Crippen molar-refractivity contribution < 1.29 is 9.53 Å². The third kappa shape index (κ3) is 2.33. The SMILES string of the molecule is C[C@H]1COCC1NC(=O)c1cc2cccc(Cl)c2[nH]1. The first-order valence-corrected chi connectivity index (χ1v) is 6.69. The van der Waals surface area contributed by atoms with Crippen LogP contribution in [-0.2, 0) is 4.74 Å². The van der Waals surface area contributed by atoms with Crippen LogP contribution in [0.4, 0.5) is 0 Å². The number of carbonyl (C=O) groups excluding carboxylic acids is 1. The molecule has 2 heterocycles. The second kappa shape index (κ2) is 4.87. The summed E-state index contributed by atoms with van der Waals surface area (Å²) in [4.78, 5) is 15.3. The molecular formula is C14H15ClN2O2. The van der Waals surface area contributed by atoms with Crippen molar-refractivity contribution in [1.82, 2.24) is 10.3 Å². The number of halogens is 1. The minimum Gasteiger partial charge on any atom is -0.379 e. The number of carbonyl (C=O) groups is 1. The van der Waals surface area contributed by atoms with E-state index in [0.717, 1.165) is 10.9 Å². The number of amides is 1. The second-order valence-electron chi connectivity index (χ2n) is 4.98. The van der Waals surface area contributed by atoms with Gasteiger partial charge in [-0.15, -0.1) is 0 Å². The second-order valence-corrected chi connectivity index (χ2v) is 5.39. The number of aromatic amines is 1. The number of hydrogen-bond donors (Lipinski definition) is 2. The van der Waals surface area contributed by atoms with Crippen LogP contribution in [0.2, 0.25) is 5.02 Å². The molecule has 1 aliphatic rings. The van der Waals surface area contributed by atoms with Crippen molar-refractivity contribution in [2.45, 2.75) is 13.0 Å². The van der Waals surface area contributed by atoms with E-state index in [4.69, 9.17) is 16.3 Å². The van der Waals surface area contributed by atoms with Crippen LogP contribution in [0, 0.1) is 5.92 Å². The van der Waals surface area contributed by atoms with Gasteiger partial charge in [0.05, 0.1) is 29.8 Å². The number of aromatic nitrogens is 1. The lowest BCUT2D eigenvalue weighted by Gasteiger charge is -2.14. The molecule has 1 aromatic heterocycles. The molecule has 1 amide bonds.